The molecule has 0 saturated carbocycles. The lowest BCUT2D eigenvalue weighted by Crippen LogP contribution is -2.29. The van der Waals surface area contributed by atoms with E-state index >= 15 is 0 Å². The molecular formula is C14H23ClN2O2. The number of ether oxygens (including phenoxy) is 1. The molecule has 0 saturated heterocycles. The predicted octanol–water partition coefficient (Wildman–Crippen LogP) is 2.04. The van der Waals surface area contributed by atoms with Crippen LogP contribution >= 0.6 is 12.4 Å². The molecule has 1 aromatic carbocycles. The fourth-order valence-corrected chi connectivity index (χ4v) is 1.49. The highest BCUT2D eigenvalue weighted by molar-refractivity contribution is 5.85. The van der Waals surface area contributed by atoms with E-state index in [1.807, 2.05) is 38.1 Å². The SMILES string of the molecule is Cc1cccc(OCCC(=O)NCCC(C)N)c1.Cl. The minimum atomic E-state index is 0. The number of halogens is 1. The maximum atomic E-state index is 11.4. The number of amides is 1. The Morgan fingerprint density at radius 2 is 2.21 bits per heavy atom. The highest BCUT2D eigenvalue weighted by Gasteiger charge is 2.02. The van der Waals surface area contributed by atoms with Crippen LogP contribution < -0.4 is 15.8 Å². The van der Waals surface area contributed by atoms with Gasteiger partial charge in [0.1, 0.15) is 5.75 Å². The van der Waals surface area contributed by atoms with Gasteiger partial charge in [-0.2, -0.15) is 0 Å². The Hall–Kier alpha value is -1.26. The topological polar surface area (TPSA) is 64.3 Å². The standard InChI is InChI=1S/C14H22N2O2.ClH/c1-11-4-3-5-13(10-11)18-9-7-14(17)16-8-6-12(2)15;/h3-5,10,12H,6-9,15H2,1-2H3,(H,16,17);1H. The fourth-order valence-electron chi connectivity index (χ4n) is 1.49. The third-order valence-electron chi connectivity index (χ3n) is 2.51. The van der Waals surface area contributed by atoms with E-state index in [9.17, 15) is 4.79 Å². The third-order valence-corrected chi connectivity index (χ3v) is 2.51. The molecule has 0 aromatic heterocycles. The van der Waals surface area contributed by atoms with Crippen molar-refractivity contribution < 1.29 is 9.53 Å². The maximum absolute atomic E-state index is 11.4. The summed E-state index contributed by atoms with van der Waals surface area (Å²) in [5, 5.41) is 2.81. The van der Waals surface area contributed by atoms with Gasteiger partial charge in [0.25, 0.3) is 0 Å². The van der Waals surface area contributed by atoms with Crippen LogP contribution in [0.3, 0.4) is 0 Å². The number of nitrogens with two attached hydrogens (primary N) is 1. The summed E-state index contributed by atoms with van der Waals surface area (Å²) in [6.07, 6.45) is 1.16. The monoisotopic (exact) mass is 286 g/mol. The van der Waals surface area contributed by atoms with Crippen LogP contribution in [0.1, 0.15) is 25.3 Å². The number of nitrogens with one attached hydrogen (secondary N) is 1. The number of benzene rings is 1. The molecule has 0 radical (unpaired) electrons. The summed E-state index contributed by atoms with van der Waals surface area (Å²) in [6.45, 7) is 4.95. The molecule has 5 heteroatoms. The molecule has 0 aliphatic heterocycles. The van der Waals surface area contributed by atoms with Crippen molar-refractivity contribution in [1.82, 2.24) is 5.32 Å². The second-order valence-electron chi connectivity index (χ2n) is 4.53. The molecule has 0 spiro atoms. The summed E-state index contributed by atoms with van der Waals surface area (Å²) < 4.78 is 5.50. The number of carbonyl (C=O) groups excluding carboxylic acids is 1. The summed E-state index contributed by atoms with van der Waals surface area (Å²) >= 11 is 0. The number of carbonyl (C=O) groups is 1. The zero-order valence-corrected chi connectivity index (χ0v) is 12.3. The minimum Gasteiger partial charge on any atom is -0.493 e. The summed E-state index contributed by atoms with van der Waals surface area (Å²) in [7, 11) is 0. The van der Waals surface area contributed by atoms with Gasteiger partial charge in [0, 0.05) is 12.6 Å². The van der Waals surface area contributed by atoms with E-state index < -0.39 is 0 Å². The van der Waals surface area contributed by atoms with Crippen molar-refractivity contribution in [2.45, 2.75) is 32.7 Å². The number of hydrogen-bond acceptors (Lipinski definition) is 3. The molecule has 1 rings (SSSR count). The molecule has 1 aromatic rings. The van der Waals surface area contributed by atoms with E-state index in [-0.39, 0.29) is 24.4 Å². The Bertz CT molecular complexity index is 383. The summed E-state index contributed by atoms with van der Waals surface area (Å²) in [5.74, 6) is 0.807. The van der Waals surface area contributed by atoms with Gasteiger partial charge in [-0.1, -0.05) is 12.1 Å². The highest BCUT2D eigenvalue weighted by Crippen LogP contribution is 2.12. The summed E-state index contributed by atoms with van der Waals surface area (Å²) in [6, 6.07) is 7.91. The van der Waals surface area contributed by atoms with Crippen molar-refractivity contribution in [3.63, 3.8) is 0 Å². The van der Waals surface area contributed by atoms with Gasteiger partial charge in [0.05, 0.1) is 13.0 Å². The molecule has 0 heterocycles. The molecule has 3 N–H and O–H groups in total. The highest BCUT2D eigenvalue weighted by atomic mass is 35.5. The molecule has 0 bridgehead atoms. The number of hydrogen-bond donors (Lipinski definition) is 2. The van der Waals surface area contributed by atoms with E-state index in [1.165, 1.54) is 0 Å². The van der Waals surface area contributed by atoms with Gasteiger partial charge in [-0.15, -0.1) is 12.4 Å². The van der Waals surface area contributed by atoms with E-state index in [0.29, 0.717) is 19.6 Å². The maximum Gasteiger partial charge on any atom is 0.223 e. The summed E-state index contributed by atoms with van der Waals surface area (Å²) in [4.78, 5) is 11.4. The molecule has 19 heavy (non-hydrogen) atoms. The lowest BCUT2D eigenvalue weighted by molar-refractivity contribution is -0.121. The van der Waals surface area contributed by atoms with Gasteiger partial charge in [-0.25, -0.2) is 0 Å². The van der Waals surface area contributed by atoms with Crippen LogP contribution in [0.4, 0.5) is 0 Å². The normalized spacial score (nSPS) is 11.3. The molecule has 1 atom stereocenters. The molecule has 0 fully saturated rings. The first-order chi connectivity index (χ1) is 8.58. The Morgan fingerprint density at radius 1 is 1.47 bits per heavy atom. The lowest BCUT2D eigenvalue weighted by atomic mass is 10.2. The van der Waals surface area contributed by atoms with Crippen LogP contribution in [0.2, 0.25) is 0 Å². The van der Waals surface area contributed by atoms with E-state index in [2.05, 4.69) is 5.32 Å². The van der Waals surface area contributed by atoms with Crippen LogP contribution in [-0.4, -0.2) is 25.1 Å². The zero-order valence-electron chi connectivity index (χ0n) is 11.5. The van der Waals surface area contributed by atoms with E-state index in [0.717, 1.165) is 17.7 Å². The van der Waals surface area contributed by atoms with Crippen LogP contribution in [-0.2, 0) is 4.79 Å². The van der Waals surface area contributed by atoms with Gasteiger partial charge in [0.2, 0.25) is 5.91 Å². The number of aryl methyl sites for hydroxylation is 1. The zero-order chi connectivity index (χ0) is 13.4. The smallest absolute Gasteiger partial charge is 0.223 e. The Morgan fingerprint density at radius 3 is 2.84 bits per heavy atom. The van der Waals surface area contributed by atoms with Gasteiger partial charge in [0.15, 0.2) is 0 Å². The molecule has 4 nitrogen and oxygen atoms in total. The first kappa shape index (κ1) is 17.7. The largest absolute Gasteiger partial charge is 0.493 e. The van der Waals surface area contributed by atoms with E-state index in [4.69, 9.17) is 10.5 Å². The minimum absolute atomic E-state index is 0. The Labute approximate surface area is 121 Å². The molecule has 0 aliphatic rings. The first-order valence-electron chi connectivity index (χ1n) is 6.29. The quantitative estimate of drug-likeness (QED) is 0.806. The second-order valence-corrected chi connectivity index (χ2v) is 4.53. The van der Waals surface area contributed by atoms with Crippen LogP contribution in [0.25, 0.3) is 0 Å². The van der Waals surface area contributed by atoms with Gasteiger partial charge in [-0.3, -0.25) is 4.79 Å². The molecular weight excluding hydrogens is 264 g/mol. The average molecular weight is 287 g/mol. The average Bonchev–Trinajstić information content (AvgIpc) is 2.28. The van der Waals surface area contributed by atoms with Crippen molar-refractivity contribution in [2.24, 2.45) is 5.73 Å². The second kappa shape index (κ2) is 9.64. The Kier molecular flexibility index (Phi) is 9.00. The Balaban J connectivity index is 0.00000324. The van der Waals surface area contributed by atoms with Crippen LogP contribution in [0.5, 0.6) is 5.75 Å². The molecule has 0 aliphatic carbocycles. The molecule has 108 valence electrons. The van der Waals surface area contributed by atoms with Gasteiger partial charge >= 0.3 is 0 Å². The predicted molar refractivity (Wildman–Crippen MR) is 79.8 cm³/mol. The summed E-state index contributed by atoms with van der Waals surface area (Å²) in [5.41, 5.74) is 6.74. The van der Waals surface area contributed by atoms with Crippen LogP contribution in [0.15, 0.2) is 24.3 Å². The van der Waals surface area contributed by atoms with Crippen LogP contribution in [0, 0.1) is 6.92 Å². The number of rotatable bonds is 7. The van der Waals surface area contributed by atoms with Crippen molar-refractivity contribution in [3.05, 3.63) is 29.8 Å². The third kappa shape index (κ3) is 8.46. The fraction of sp³-hybridized carbons (Fsp3) is 0.500. The molecule has 1 unspecified atom stereocenters. The van der Waals surface area contributed by atoms with Crippen molar-refractivity contribution in [2.75, 3.05) is 13.2 Å². The molecule has 1 amide bonds. The van der Waals surface area contributed by atoms with Gasteiger partial charge < -0.3 is 15.8 Å². The van der Waals surface area contributed by atoms with Gasteiger partial charge in [-0.05, 0) is 38.0 Å². The van der Waals surface area contributed by atoms with Crippen molar-refractivity contribution in [3.8, 4) is 5.75 Å². The first-order valence-corrected chi connectivity index (χ1v) is 6.29. The lowest BCUT2D eigenvalue weighted by Gasteiger charge is -2.08. The van der Waals surface area contributed by atoms with Crippen molar-refractivity contribution >= 4 is 18.3 Å². The van der Waals surface area contributed by atoms with Crippen molar-refractivity contribution in [1.29, 1.82) is 0 Å². The van der Waals surface area contributed by atoms with E-state index in [1.54, 1.807) is 0 Å².